The lowest BCUT2D eigenvalue weighted by Crippen LogP contribution is -2.03. The number of furan rings is 1. The summed E-state index contributed by atoms with van der Waals surface area (Å²) in [4.78, 5) is 22.0. The molecule has 2 rings (SSSR count). The second-order valence-electron chi connectivity index (χ2n) is 4.02. The van der Waals surface area contributed by atoms with E-state index in [4.69, 9.17) is 9.52 Å². The minimum Gasteiger partial charge on any atom is -0.475 e. The van der Waals surface area contributed by atoms with Gasteiger partial charge in [0, 0.05) is 16.9 Å². The van der Waals surface area contributed by atoms with Gasteiger partial charge in [-0.2, -0.15) is 0 Å². The van der Waals surface area contributed by atoms with Crippen LogP contribution in [0.4, 0.5) is 0 Å². The van der Waals surface area contributed by atoms with E-state index in [1.165, 1.54) is 0 Å². The molecule has 0 saturated heterocycles. The molecule has 0 aliphatic carbocycles. The van der Waals surface area contributed by atoms with Crippen molar-refractivity contribution in [3.05, 3.63) is 35.1 Å². The van der Waals surface area contributed by atoms with E-state index in [1.807, 2.05) is 13.0 Å². The molecule has 0 saturated carbocycles. The number of aromatic carboxylic acids is 1. The molecule has 17 heavy (non-hydrogen) atoms. The Balaban J connectivity index is 2.87. The Bertz CT molecular complexity index is 595. The highest BCUT2D eigenvalue weighted by atomic mass is 16.4. The molecule has 0 aliphatic heterocycles. The molecule has 88 valence electrons. The van der Waals surface area contributed by atoms with Gasteiger partial charge >= 0.3 is 5.97 Å². The average Bonchev–Trinajstić information content (AvgIpc) is 2.69. The summed E-state index contributed by atoms with van der Waals surface area (Å²) in [6.45, 7) is 3.53. The molecule has 0 radical (unpaired) electrons. The molecule has 0 bridgehead atoms. The first kappa shape index (κ1) is 11.4. The van der Waals surface area contributed by atoms with Crippen LogP contribution in [-0.2, 0) is 4.79 Å². The number of fused-ring (bicyclic) bond motifs is 1. The molecule has 0 amide bonds. The maximum atomic E-state index is 11.1. The van der Waals surface area contributed by atoms with Crippen molar-refractivity contribution in [1.82, 2.24) is 0 Å². The van der Waals surface area contributed by atoms with Crippen LogP contribution in [-0.4, -0.2) is 17.4 Å². The van der Waals surface area contributed by atoms with Crippen LogP contribution in [0.1, 0.15) is 34.5 Å². The van der Waals surface area contributed by atoms with Gasteiger partial charge in [-0.3, -0.25) is 0 Å². The van der Waals surface area contributed by atoms with Crippen molar-refractivity contribution in [3.8, 4) is 0 Å². The number of carbonyl (C=O) groups is 2. The number of rotatable bonds is 3. The van der Waals surface area contributed by atoms with E-state index in [0.717, 1.165) is 17.2 Å². The number of carbonyl (C=O) groups excluding carboxylic acids is 1. The number of aldehydes is 1. The van der Waals surface area contributed by atoms with E-state index in [0.29, 0.717) is 11.1 Å². The lowest BCUT2D eigenvalue weighted by Gasteiger charge is -2.04. The van der Waals surface area contributed by atoms with E-state index in [9.17, 15) is 9.59 Å². The first-order chi connectivity index (χ1) is 8.06. The highest BCUT2D eigenvalue weighted by Gasteiger charge is 2.24. The highest BCUT2D eigenvalue weighted by Crippen LogP contribution is 2.33. The second-order valence-corrected chi connectivity index (χ2v) is 4.02. The first-order valence-electron chi connectivity index (χ1n) is 5.27. The third-order valence-corrected chi connectivity index (χ3v) is 2.81. The van der Waals surface area contributed by atoms with Gasteiger partial charge in [-0.15, -0.1) is 0 Å². The smallest absolute Gasteiger partial charge is 0.372 e. The third kappa shape index (κ3) is 1.71. The lowest BCUT2D eigenvalue weighted by molar-refractivity contribution is -0.108. The maximum Gasteiger partial charge on any atom is 0.372 e. The molecule has 1 unspecified atom stereocenters. The molecule has 0 spiro atoms. The van der Waals surface area contributed by atoms with Crippen LogP contribution in [0, 0.1) is 6.92 Å². The largest absolute Gasteiger partial charge is 0.475 e. The Kier molecular flexibility index (Phi) is 2.71. The summed E-state index contributed by atoms with van der Waals surface area (Å²) in [5.41, 5.74) is 1.87. The van der Waals surface area contributed by atoms with Gasteiger partial charge in [-0.1, -0.05) is 19.1 Å². The minimum absolute atomic E-state index is 0.145. The highest BCUT2D eigenvalue weighted by molar-refractivity contribution is 5.98. The first-order valence-corrected chi connectivity index (χ1v) is 5.27. The quantitative estimate of drug-likeness (QED) is 0.826. The summed E-state index contributed by atoms with van der Waals surface area (Å²) >= 11 is 0. The molecule has 0 fully saturated rings. The summed E-state index contributed by atoms with van der Waals surface area (Å²) in [5.74, 6) is -1.79. The number of carboxylic acids is 1. The monoisotopic (exact) mass is 232 g/mol. The van der Waals surface area contributed by atoms with E-state index in [-0.39, 0.29) is 5.76 Å². The molecule has 1 atom stereocenters. The van der Waals surface area contributed by atoms with Crippen LogP contribution in [0.15, 0.2) is 22.6 Å². The molecule has 1 N–H and O–H groups in total. The summed E-state index contributed by atoms with van der Waals surface area (Å²) in [6.07, 6.45) is 0.725. The Morgan fingerprint density at radius 1 is 1.47 bits per heavy atom. The molecular formula is C13H12O4. The van der Waals surface area contributed by atoms with E-state index < -0.39 is 11.9 Å². The predicted octanol–water partition coefficient (Wildman–Crippen LogP) is 2.74. The summed E-state index contributed by atoms with van der Waals surface area (Å²) in [7, 11) is 0. The van der Waals surface area contributed by atoms with Crippen LogP contribution in [0.25, 0.3) is 11.0 Å². The van der Waals surface area contributed by atoms with Gasteiger partial charge in [0.25, 0.3) is 0 Å². The Hall–Kier alpha value is -2.10. The topological polar surface area (TPSA) is 67.5 Å². The van der Waals surface area contributed by atoms with Crippen LogP contribution < -0.4 is 0 Å². The Labute approximate surface area is 97.8 Å². The van der Waals surface area contributed by atoms with Crippen LogP contribution in [0.2, 0.25) is 0 Å². The normalized spacial score (nSPS) is 12.6. The fourth-order valence-electron chi connectivity index (χ4n) is 2.01. The molecular weight excluding hydrogens is 220 g/mol. The van der Waals surface area contributed by atoms with Gasteiger partial charge in [-0.25, -0.2) is 4.79 Å². The average molecular weight is 232 g/mol. The number of benzene rings is 1. The van der Waals surface area contributed by atoms with Gasteiger partial charge in [0.05, 0.1) is 0 Å². The fraction of sp³-hybridized carbons (Fsp3) is 0.231. The Morgan fingerprint density at radius 3 is 2.76 bits per heavy atom. The van der Waals surface area contributed by atoms with Gasteiger partial charge < -0.3 is 14.3 Å². The van der Waals surface area contributed by atoms with E-state index >= 15 is 0 Å². The van der Waals surface area contributed by atoms with Crippen molar-refractivity contribution in [1.29, 1.82) is 0 Å². The summed E-state index contributed by atoms with van der Waals surface area (Å²) in [5, 5.41) is 9.82. The molecule has 0 aliphatic rings. The molecule has 4 nitrogen and oxygen atoms in total. The SMILES string of the molecule is Cc1cccc2oc(C(=O)O)c(C(C)C=O)c12. The zero-order valence-electron chi connectivity index (χ0n) is 9.56. The maximum absolute atomic E-state index is 11.1. The number of aryl methyl sites for hydroxylation is 1. The molecule has 1 aromatic heterocycles. The molecule has 2 aromatic rings. The van der Waals surface area contributed by atoms with Crippen LogP contribution in [0.3, 0.4) is 0 Å². The van der Waals surface area contributed by atoms with E-state index in [1.54, 1.807) is 19.1 Å². The molecule has 1 aromatic carbocycles. The van der Waals surface area contributed by atoms with Crippen molar-refractivity contribution in [3.63, 3.8) is 0 Å². The van der Waals surface area contributed by atoms with Crippen molar-refractivity contribution in [2.75, 3.05) is 0 Å². The van der Waals surface area contributed by atoms with E-state index in [2.05, 4.69) is 0 Å². The zero-order chi connectivity index (χ0) is 12.6. The van der Waals surface area contributed by atoms with Crippen molar-refractivity contribution in [2.24, 2.45) is 0 Å². The predicted molar refractivity (Wildman–Crippen MR) is 62.4 cm³/mol. The van der Waals surface area contributed by atoms with Gasteiger partial charge in [0.2, 0.25) is 5.76 Å². The van der Waals surface area contributed by atoms with Crippen LogP contribution in [0.5, 0.6) is 0 Å². The molecule has 4 heteroatoms. The third-order valence-electron chi connectivity index (χ3n) is 2.81. The zero-order valence-corrected chi connectivity index (χ0v) is 9.56. The summed E-state index contributed by atoms with van der Waals surface area (Å²) < 4.78 is 5.31. The lowest BCUT2D eigenvalue weighted by atomic mass is 9.96. The Morgan fingerprint density at radius 2 is 2.18 bits per heavy atom. The van der Waals surface area contributed by atoms with Crippen LogP contribution >= 0.6 is 0 Å². The number of carboxylic acid groups (broad SMARTS) is 1. The number of hydrogen-bond donors (Lipinski definition) is 1. The fourth-order valence-corrected chi connectivity index (χ4v) is 2.01. The number of hydrogen-bond acceptors (Lipinski definition) is 3. The van der Waals surface area contributed by atoms with Crippen molar-refractivity contribution in [2.45, 2.75) is 19.8 Å². The van der Waals surface area contributed by atoms with Crippen molar-refractivity contribution >= 4 is 23.2 Å². The van der Waals surface area contributed by atoms with Gasteiger partial charge in [0.15, 0.2) is 0 Å². The van der Waals surface area contributed by atoms with Gasteiger partial charge in [-0.05, 0) is 18.6 Å². The minimum atomic E-state index is -1.15. The van der Waals surface area contributed by atoms with Gasteiger partial charge in [0.1, 0.15) is 11.9 Å². The molecule has 1 heterocycles. The van der Waals surface area contributed by atoms with Crippen molar-refractivity contribution < 1.29 is 19.1 Å². The second kappa shape index (κ2) is 4.05. The standard InChI is InChI=1S/C13H12O4/c1-7-4-3-5-9-10(7)11(8(2)6-14)12(17-9)13(15)16/h3-6,8H,1-2H3,(H,15,16). The summed E-state index contributed by atoms with van der Waals surface area (Å²) in [6, 6.07) is 5.36.